The molecule has 2 aliphatic rings. The zero-order valence-corrected chi connectivity index (χ0v) is 18.1. The number of amides is 2. The highest BCUT2D eigenvalue weighted by molar-refractivity contribution is 7.89. The summed E-state index contributed by atoms with van der Waals surface area (Å²) in [5, 5.41) is 5.49. The maximum Gasteiger partial charge on any atom is 0.337 e. The summed E-state index contributed by atoms with van der Waals surface area (Å²) in [5.41, 5.74) is 0.946. The molecule has 3 rings (SSSR count). The molecule has 2 N–H and O–H groups in total. The molecule has 164 valence electrons. The van der Waals surface area contributed by atoms with Crippen LogP contribution in [0, 0.1) is 0 Å². The molecule has 0 aliphatic carbocycles. The number of ether oxygens (including phenoxy) is 1. The number of benzene rings is 1. The number of urea groups is 1. The lowest BCUT2D eigenvalue weighted by Crippen LogP contribution is -2.54. The van der Waals surface area contributed by atoms with E-state index in [4.69, 9.17) is 4.74 Å². The van der Waals surface area contributed by atoms with E-state index < -0.39 is 22.0 Å². The number of nitrogens with zero attached hydrogens (tertiary/aromatic N) is 2. The number of carbonyl (C=O) groups excluding carboxylic acids is 2. The molecule has 1 aromatic rings. The van der Waals surface area contributed by atoms with Crippen LogP contribution in [0.1, 0.15) is 20.3 Å². The van der Waals surface area contributed by atoms with Crippen molar-refractivity contribution in [3.8, 4) is 0 Å². The number of hydrogen-bond donors (Lipinski definition) is 2. The molecule has 0 radical (unpaired) electrons. The summed E-state index contributed by atoms with van der Waals surface area (Å²) in [4.78, 5) is 26.8. The molecule has 10 heteroatoms. The Bertz CT molecular complexity index is 908. The molecule has 0 bridgehead atoms. The molecule has 1 fully saturated rings. The van der Waals surface area contributed by atoms with Crippen LogP contribution >= 0.6 is 0 Å². The van der Waals surface area contributed by atoms with E-state index in [0.717, 1.165) is 0 Å². The molecule has 0 spiro atoms. The van der Waals surface area contributed by atoms with Crippen molar-refractivity contribution in [3.63, 3.8) is 0 Å². The van der Waals surface area contributed by atoms with E-state index in [-0.39, 0.29) is 17.5 Å². The van der Waals surface area contributed by atoms with Gasteiger partial charge in [-0.05, 0) is 25.5 Å². The number of esters is 1. The number of sulfonamides is 1. The van der Waals surface area contributed by atoms with E-state index in [9.17, 15) is 18.0 Å². The summed E-state index contributed by atoms with van der Waals surface area (Å²) < 4.78 is 32.2. The van der Waals surface area contributed by atoms with Gasteiger partial charge in [-0.1, -0.05) is 25.1 Å². The van der Waals surface area contributed by atoms with Gasteiger partial charge in [0.15, 0.2) is 0 Å². The van der Waals surface area contributed by atoms with Crippen LogP contribution in [-0.4, -0.2) is 75.0 Å². The molecule has 1 atom stereocenters. The molecule has 0 aromatic heterocycles. The third-order valence-electron chi connectivity index (χ3n) is 5.24. The fraction of sp³-hybridized carbons (Fsp3) is 0.500. The van der Waals surface area contributed by atoms with Crippen molar-refractivity contribution in [2.45, 2.75) is 31.2 Å². The van der Waals surface area contributed by atoms with Crippen molar-refractivity contribution >= 4 is 22.0 Å². The van der Waals surface area contributed by atoms with Crippen LogP contribution in [0.4, 0.5) is 4.79 Å². The van der Waals surface area contributed by atoms with Crippen molar-refractivity contribution in [1.29, 1.82) is 0 Å². The molecule has 0 saturated carbocycles. The van der Waals surface area contributed by atoms with Crippen LogP contribution in [0.25, 0.3) is 0 Å². The van der Waals surface area contributed by atoms with Gasteiger partial charge < -0.3 is 15.4 Å². The van der Waals surface area contributed by atoms with E-state index in [2.05, 4.69) is 10.6 Å². The summed E-state index contributed by atoms with van der Waals surface area (Å²) in [7, 11) is -3.53. The molecular formula is C20H28N4O5S. The number of rotatable bonds is 7. The third kappa shape index (κ3) is 4.82. The summed E-state index contributed by atoms with van der Waals surface area (Å²) in [6, 6.07) is 7.61. The first-order valence-corrected chi connectivity index (χ1v) is 11.6. The number of piperazine rings is 1. The van der Waals surface area contributed by atoms with E-state index in [0.29, 0.717) is 50.4 Å². The lowest BCUT2D eigenvalue weighted by molar-refractivity contribution is -0.139. The van der Waals surface area contributed by atoms with Crippen LogP contribution in [-0.2, 0) is 19.6 Å². The lowest BCUT2D eigenvalue weighted by atomic mass is 10.00. The Hall–Kier alpha value is -2.43. The molecule has 2 heterocycles. The molecule has 1 saturated heterocycles. The molecule has 30 heavy (non-hydrogen) atoms. The Morgan fingerprint density at radius 2 is 1.80 bits per heavy atom. The number of hydrogen-bond acceptors (Lipinski definition) is 6. The van der Waals surface area contributed by atoms with Gasteiger partial charge in [0, 0.05) is 38.4 Å². The average molecular weight is 437 g/mol. The Kier molecular flexibility index (Phi) is 7.11. The van der Waals surface area contributed by atoms with Gasteiger partial charge in [-0.25, -0.2) is 18.0 Å². The first-order valence-electron chi connectivity index (χ1n) is 10.1. The van der Waals surface area contributed by atoms with E-state index in [1.54, 1.807) is 37.3 Å². The lowest BCUT2D eigenvalue weighted by Gasteiger charge is -2.36. The van der Waals surface area contributed by atoms with Crippen molar-refractivity contribution < 1.29 is 22.7 Å². The highest BCUT2D eigenvalue weighted by Gasteiger charge is 2.34. The zero-order chi connectivity index (χ0) is 21.7. The minimum atomic E-state index is -3.53. The Labute approximate surface area is 177 Å². The Balaban J connectivity index is 1.72. The quantitative estimate of drug-likeness (QED) is 0.615. The predicted molar refractivity (Wildman–Crippen MR) is 111 cm³/mol. The summed E-state index contributed by atoms with van der Waals surface area (Å²) in [5.74, 6) is -0.447. The first-order chi connectivity index (χ1) is 14.4. The van der Waals surface area contributed by atoms with Crippen LogP contribution in [0.5, 0.6) is 0 Å². The van der Waals surface area contributed by atoms with E-state index in [1.165, 1.54) is 4.31 Å². The smallest absolute Gasteiger partial charge is 0.337 e. The SMILES string of the molecule is CCOC(=O)C1=C(CN2CCN(S(=O)(=O)c3ccccc3)CC2)NC(=O)NC1CC. The zero-order valence-electron chi connectivity index (χ0n) is 17.3. The van der Waals surface area contributed by atoms with Gasteiger partial charge in [-0.3, -0.25) is 4.90 Å². The standard InChI is InChI=1S/C20H28N4O5S/c1-3-16-18(19(25)29-4-2)17(22-20(26)21-16)14-23-10-12-24(13-11-23)30(27,28)15-8-6-5-7-9-15/h5-9,16H,3-4,10-14H2,1-2H3,(H2,21,22,26). The highest BCUT2D eigenvalue weighted by Crippen LogP contribution is 2.20. The first kappa shape index (κ1) is 22.3. The van der Waals surface area contributed by atoms with Crippen molar-refractivity contribution in [1.82, 2.24) is 19.8 Å². The summed E-state index contributed by atoms with van der Waals surface area (Å²) in [6.45, 7) is 5.87. The van der Waals surface area contributed by atoms with Crippen LogP contribution in [0.2, 0.25) is 0 Å². The molecular weight excluding hydrogens is 408 g/mol. The minimum absolute atomic E-state index is 0.246. The average Bonchev–Trinajstić information content (AvgIpc) is 2.74. The van der Waals surface area contributed by atoms with Crippen LogP contribution in [0.3, 0.4) is 0 Å². The summed E-state index contributed by atoms with van der Waals surface area (Å²) in [6.07, 6.45) is 0.564. The molecule has 9 nitrogen and oxygen atoms in total. The normalized spacial score (nSPS) is 21.1. The van der Waals surface area contributed by atoms with Gasteiger partial charge in [0.1, 0.15) is 0 Å². The molecule has 1 aromatic carbocycles. The van der Waals surface area contributed by atoms with E-state index >= 15 is 0 Å². The Morgan fingerprint density at radius 1 is 1.13 bits per heavy atom. The minimum Gasteiger partial charge on any atom is -0.463 e. The fourth-order valence-electron chi connectivity index (χ4n) is 3.68. The van der Waals surface area contributed by atoms with Gasteiger partial charge in [0.25, 0.3) is 0 Å². The topological polar surface area (TPSA) is 108 Å². The maximum absolute atomic E-state index is 12.8. The third-order valence-corrected chi connectivity index (χ3v) is 7.15. The van der Waals surface area contributed by atoms with E-state index in [1.807, 2.05) is 11.8 Å². The fourth-order valence-corrected chi connectivity index (χ4v) is 5.12. The van der Waals surface area contributed by atoms with Gasteiger partial charge in [-0.15, -0.1) is 0 Å². The van der Waals surface area contributed by atoms with Crippen molar-refractivity contribution in [2.75, 3.05) is 39.3 Å². The second-order valence-electron chi connectivity index (χ2n) is 7.17. The number of carbonyl (C=O) groups is 2. The van der Waals surface area contributed by atoms with Gasteiger partial charge in [0.2, 0.25) is 10.0 Å². The molecule has 2 aliphatic heterocycles. The molecule has 2 amide bonds. The van der Waals surface area contributed by atoms with Crippen LogP contribution in [0.15, 0.2) is 46.5 Å². The van der Waals surface area contributed by atoms with Gasteiger partial charge in [0.05, 0.1) is 23.1 Å². The van der Waals surface area contributed by atoms with Gasteiger partial charge >= 0.3 is 12.0 Å². The molecule has 1 unspecified atom stereocenters. The number of nitrogens with one attached hydrogen (secondary N) is 2. The Morgan fingerprint density at radius 3 is 2.40 bits per heavy atom. The summed E-state index contributed by atoms with van der Waals surface area (Å²) >= 11 is 0. The second kappa shape index (κ2) is 9.59. The monoisotopic (exact) mass is 436 g/mol. The largest absolute Gasteiger partial charge is 0.463 e. The maximum atomic E-state index is 12.8. The predicted octanol–water partition coefficient (Wildman–Crippen LogP) is 0.902. The van der Waals surface area contributed by atoms with Gasteiger partial charge in [-0.2, -0.15) is 4.31 Å². The van der Waals surface area contributed by atoms with Crippen molar-refractivity contribution in [2.24, 2.45) is 0 Å². The second-order valence-corrected chi connectivity index (χ2v) is 9.10. The van der Waals surface area contributed by atoms with Crippen LogP contribution < -0.4 is 10.6 Å². The highest BCUT2D eigenvalue weighted by atomic mass is 32.2. The van der Waals surface area contributed by atoms with Crippen molar-refractivity contribution in [3.05, 3.63) is 41.6 Å².